The second-order valence-corrected chi connectivity index (χ2v) is 8.02. The van der Waals surface area contributed by atoms with Crippen molar-refractivity contribution in [2.24, 2.45) is 4.99 Å². The van der Waals surface area contributed by atoms with Crippen LogP contribution in [-0.2, 0) is 6.54 Å². The molecule has 0 aromatic heterocycles. The number of nitrogens with zero attached hydrogens (tertiary/aromatic N) is 2. The normalized spacial score (nSPS) is 12.2. The van der Waals surface area contributed by atoms with E-state index in [2.05, 4.69) is 86.0 Å². The molecule has 0 spiro atoms. The molecule has 0 amide bonds. The predicted octanol–water partition coefficient (Wildman–Crippen LogP) is 6.11. The summed E-state index contributed by atoms with van der Waals surface area (Å²) in [7, 11) is 0. The van der Waals surface area contributed by atoms with Gasteiger partial charge in [0.05, 0.1) is 11.9 Å². The topological polar surface area (TPSA) is 15.6 Å². The lowest BCUT2D eigenvalue weighted by Crippen LogP contribution is -2.28. The van der Waals surface area contributed by atoms with Crippen molar-refractivity contribution in [3.63, 3.8) is 0 Å². The second-order valence-electron chi connectivity index (χ2n) is 8.02. The van der Waals surface area contributed by atoms with Gasteiger partial charge in [0.15, 0.2) is 0 Å². The van der Waals surface area contributed by atoms with E-state index in [4.69, 9.17) is 4.99 Å². The van der Waals surface area contributed by atoms with Crippen LogP contribution in [0.1, 0.15) is 43.5 Å². The van der Waals surface area contributed by atoms with Gasteiger partial charge in [-0.1, -0.05) is 90.7 Å². The monoisotopic (exact) mass is 380 g/mol. The lowest BCUT2D eigenvalue weighted by atomic mass is 10.0. The van der Waals surface area contributed by atoms with Crippen LogP contribution >= 0.6 is 0 Å². The summed E-state index contributed by atoms with van der Waals surface area (Å²) < 4.78 is 0. The fourth-order valence-corrected chi connectivity index (χ4v) is 2.91. The van der Waals surface area contributed by atoms with Crippen molar-refractivity contribution < 1.29 is 0 Å². The minimum absolute atomic E-state index is 0.0947. The summed E-state index contributed by atoms with van der Waals surface area (Å²) in [6.45, 7) is 7.07. The molecule has 0 N–H and O–H groups in total. The molecular weight excluding hydrogens is 352 g/mol. The van der Waals surface area contributed by atoms with Gasteiger partial charge in [0.1, 0.15) is 6.04 Å². The van der Waals surface area contributed by atoms with Crippen LogP contribution in [0.15, 0.2) is 96.0 Å². The summed E-state index contributed by atoms with van der Waals surface area (Å²) in [5, 5.41) is 0. The highest BCUT2D eigenvalue weighted by Crippen LogP contribution is 2.22. The Bertz CT molecular complexity index is 959. The van der Waals surface area contributed by atoms with E-state index in [0.29, 0.717) is 0 Å². The Morgan fingerprint density at radius 3 is 1.97 bits per heavy atom. The Balaban J connectivity index is 2.01. The number of hydrogen-bond acceptors (Lipinski definition) is 1. The van der Waals surface area contributed by atoms with E-state index in [1.807, 2.05) is 48.8 Å². The molecule has 0 saturated carbocycles. The highest BCUT2D eigenvalue weighted by atomic mass is 15.2. The Morgan fingerprint density at radius 1 is 0.828 bits per heavy atom. The Morgan fingerprint density at radius 2 is 1.38 bits per heavy atom. The van der Waals surface area contributed by atoms with Gasteiger partial charge in [-0.2, -0.15) is 0 Å². The fourth-order valence-electron chi connectivity index (χ4n) is 2.91. The summed E-state index contributed by atoms with van der Waals surface area (Å²) >= 11 is 0. The molecule has 3 aromatic rings. The highest BCUT2D eigenvalue weighted by molar-refractivity contribution is 5.58. The molecule has 146 valence electrons. The van der Waals surface area contributed by atoms with Crippen LogP contribution in [0.5, 0.6) is 0 Å². The van der Waals surface area contributed by atoms with E-state index >= 15 is 0 Å². The molecule has 0 radical (unpaired) electrons. The van der Waals surface area contributed by atoms with E-state index in [1.165, 1.54) is 5.56 Å². The van der Waals surface area contributed by atoms with Gasteiger partial charge in [0.25, 0.3) is 0 Å². The molecule has 2 heteroatoms. The average molecular weight is 381 g/mol. The van der Waals surface area contributed by atoms with Crippen LogP contribution < -0.4 is 0 Å². The van der Waals surface area contributed by atoms with Crippen molar-refractivity contribution in [2.45, 2.75) is 38.9 Å². The van der Waals surface area contributed by atoms with Crippen LogP contribution in [0.4, 0.5) is 0 Å². The van der Waals surface area contributed by atoms with Crippen molar-refractivity contribution >= 4 is 6.34 Å². The zero-order valence-corrected chi connectivity index (χ0v) is 17.4. The maximum Gasteiger partial charge on any atom is 0.117 e. The standard InChI is InChI=1S/C27H28N2/c1-27(2,3)28-22-29(21-24-15-9-5-10-16-24)26(25-17-11-6-12-18-25)20-19-23-13-7-4-8-14-23/h4-18,22,26H,21H2,1-3H3. The van der Waals surface area contributed by atoms with Crippen LogP contribution in [0.2, 0.25) is 0 Å². The summed E-state index contributed by atoms with van der Waals surface area (Å²) in [6.07, 6.45) is 1.96. The van der Waals surface area contributed by atoms with E-state index in [1.54, 1.807) is 0 Å². The smallest absolute Gasteiger partial charge is 0.117 e. The molecule has 0 fully saturated rings. The lowest BCUT2D eigenvalue weighted by Gasteiger charge is -2.28. The van der Waals surface area contributed by atoms with Gasteiger partial charge in [0.2, 0.25) is 0 Å². The largest absolute Gasteiger partial charge is 0.341 e. The van der Waals surface area contributed by atoms with E-state index in [-0.39, 0.29) is 11.6 Å². The van der Waals surface area contributed by atoms with Gasteiger partial charge < -0.3 is 4.90 Å². The third kappa shape index (κ3) is 6.66. The first-order chi connectivity index (χ1) is 14.0. The predicted molar refractivity (Wildman–Crippen MR) is 123 cm³/mol. The van der Waals surface area contributed by atoms with Crippen molar-refractivity contribution in [2.75, 3.05) is 0 Å². The first-order valence-corrected chi connectivity index (χ1v) is 9.98. The maximum atomic E-state index is 4.79. The van der Waals surface area contributed by atoms with Gasteiger partial charge in [0, 0.05) is 12.1 Å². The molecule has 2 nitrogen and oxygen atoms in total. The van der Waals surface area contributed by atoms with Gasteiger partial charge in [-0.15, -0.1) is 0 Å². The fraction of sp³-hybridized carbons (Fsp3) is 0.222. The number of aliphatic imine (C=N–C) groups is 1. The molecule has 0 aliphatic heterocycles. The van der Waals surface area contributed by atoms with Crippen LogP contribution in [0, 0.1) is 11.8 Å². The Hall–Kier alpha value is -3.31. The molecule has 1 atom stereocenters. The van der Waals surface area contributed by atoms with E-state index in [0.717, 1.165) is 17.7 Å². The minimum Gasteiger partial charge on any atom is -0.341 e. The zero-order valence-electron chi connectivity index (χ0n) is 17.4. The summed E-state index contributed by atoms with van der Waals surface area (Å²) in [4.78, 5) is 7.02. The maximum absolute atomic E-state index is 4.79. The first kappa shape index (κ1) is 20.4. The number of hydrogen-bond donors (Lipinski definition) is 0. The van der Waals surface area contributed by atoms with Crippen molar-refractivity contribution in [1.82, 2.24) is 4.90 Å². The third-order valence-electron chi connectivity index (χ3n) is 4.38. The highest BCUT2D eigenvalue weighted by Gasteiger charge is 2.17. The van der Waals surface area contributed by atoms with Crippen LogP contribution in [-0.4, -0.2) is 16.8 Å². The van der Waals surface area contributed by atoms with E-state index in [9.17, 15) is 0 Å². The van der Waals surface area contributed by atoms with Crippen molar-refractivity contribution in [1.29, 1.82) is 0 Å². The lowest BCUT2D eigenvalue weighted by molar-refractivity contribution is 0.373. The molecule has 3 rings (SSSR count). The second kappa shape index (κ2) is 9.75. The Kier molecular flexibility index (Phi) is 6.87. The molecule has 0 saturated heterocycles. The number of benzene rings is 3. The van der Waals surface area contributed by atoms with Gasteiger partial charge in [-0.25, -0.2) is 0 Å². The van der Waals surface area contributed by atoms with Gasteiger partial charge >= 0.3 is 0 Å². The van der Waals surface area contributed by atoms with Crippen LogP contribution in [0.25, 0.3) is 0 Å². The average Bonchev–Trinajstić information content (AvgIpc) is 2.73. The van der Waals surface area contributed by atoms with Crippen molar-refractivity contribution in [3.8, 4) is 11.8 Å². The van der Waals surface area contributed by atoms with Gasteiger partial charge in [-0.05, 0) is 44.0 Å². The molecule has 1 unspecified atom stereocenters. The quantitative estimate of drug-likeness (QED) is 0.296. The zero-order chi connectivity index (χ0) is 20.5. The molecule has 29 heavy (non-hydrogen) atoms. The molecule has 3 aromatic carbocycles. The number of rotatable bonds is 5. The SMILES string of the molecule is CC(C)(C)N=CN(Cc1ccccc1)C(C#Cc1ccccc1)c1ccccc1. The van der Waals surface area contributed by atoms with Gasteiger partial charge in [-0.3, -0.25) is 4.99 Å². The Labute approximate surface area is 174 Å². The third-order valence-corrected chi connectivity index (χ3v) is 4.38. The first-order valence-electron chi connectivity index (χ1n) is 9.98. The summed E-state index contributed by atoms with van der Waals surface area (Å²) in [6, 6.07) is 30.9. The molecule has 0 bridgehead atoms. The molecule has 0 aliphatic carbocycles. The van der Waals surface area contributed by atoms with Crippen molar-refractivity contribution in [3.05, 3.63) is 108 Å². The molecule has 0 aliphatic rings. The summed E-state index contributed by atoms with van der Waals surface area (Å²) in [5.74, 6) is 6.85. The van der Waals surface area contributed by atoms with Crippen LogP contribution in [0.3, 0.4) is 0 Å². The molecular formula is C27H28N2. The summed E-state index contributed by atoms with van der Waals surface area (Å²) in [5.41, 5.74) is 3.26. The minimum atomic E-state index is -0.150. The van der Waals surface area contributed by atoms with E-state index < -0.39 is 0 Å². The molecule has 0 heterocycles.